The van der Waals surface area contributed by atoms with Crippen LogP contribution in [0.5, 0.6) is 5.75 Å². The lowest BCUT2D eigenvalue weighted by atomic mass is 10.1. The topological polar surface area (TPSA) is 45.1 Å². The molecule has 4 rings (SSSR count). The molecule has 0 aromatic heterocycles. The predicted molar refractivity (Wildman–Crippen MR) is 96.7 cm³/mol. The molecule has 2 aliphatic heterocycles. The summed E-state index contributed by atoms with van der Waals surface area (Å²) in [6.45, 7) is 1.97. The molecule has 2 aromatic carbocycles. The minimum atomic E-state index is -0.0231. The van der Waals surface area contributed by atoms with Crippen molar-refractivity contribution < 1.29 is 9.53 Å². The van der Waals surface area contributed by atoms with E-state index in [-0.39, 0.29) is 12.1 Å². The summed E-state index contributed by atoms with van der Waals surface area (Å²) in [5, 5.41) is 6.12. The van der Waals surface area contributed by atoms with Crippen molar-refractivity contribution in [2.45, 2.75) is 18.9 Å². The zero-order valence-corrected chi connectivity index (χ0v) is 14.0. The molecule has 0 aliphatic carbocycles. The quantitative estimate of drug-likeness (QED) is 0.863. The van der Waals surface area contributed by atoms with Crippen LogP contribution in [0.4, 0.5) is 4.79 Å². The highest BCUT2D eigenvalue weighted by molar-refractivity contribution is 6.02. The first-order chi connectivity index (χ1) is 12.3. The molecule has 5 nitrogen and oxygen atoms in total. The first-order valence-electron chi connectivity index (χ1n) is 8.70. The standard InChI is InChI=1S/C20H21N3O2/c24-20(23-14-12-19(21-23)16-7-3-1-4-8-16)22-13-11-18(15-22)25-17-9-5-2-6-10-17/h1-10,18H,11-15H2/t18-/m0/s1. The van der Waals surface area contributed by atoms with Gasteiger partial charge in [0.15, 0.2) is 0 Å². The van der Waals surface area contributed by atoms with Crippen LogP contribution in [0.15, 0.2) is 65.8 Å². The first-order valence-corrected chi connectivity index (χ1v) is 8.70. The molecule has 0 N–H and O–H groups in total. The number of carbonyl (C=O) groups excluding carboxylic acids is 1. The third-order valence-electron chi connectivity index (χ3n) is 4.59. The van der Waals surface area contributed by atoms with E-state index in [1.54, 1.807) is 5.01 Å². The number of likely N-dealkylation sites (tertiary alicyclic amines) is 1. The van der Waals surface area contributed by atoms with Gasteiger partial charge in [-0.3, -0.25) is 0 Å². The van der Waals surface area contributed by atoms with Crippen LogP contribution in [0.3, 0.4) is 0 Å². The van der Waals surface area contributed by atoms with Crippen LogP contribution in [0, 0.1) is 0 Å². The molecule has 5 heteroatoms. The van der Waals surface area contributed by atoms with E-state index in [9.17, 15) is 4.79 Å². The summed E-state index contributed by atoms with van der Waals surface area (Å²) in [5.41, 5.74) is 2.06. The smallest absolute Gasteiger partial charge is 0.340 e. The van der Waals surface area contributed by atoms with Crippen LogP contribution in [0.1, 0.15) is 18.4 Å². The fourth-order valence-electron chi connectivity index (χ4n) is 3.28. The molecule has 0 radical (unpaired) electrons. The van der Waals surface area contributed by atoms with E-state index in [2.05, 4.69) is 5.10 Å². The molecule has 0 saturated carbocycles. The van der Waals surface area contributed by atoms with Gasteiger partial charge < -0.3 is 9.64 Å². The van der Waals surface area contributed by atoms with Gasteiger partial charge >= 0.3 is 6.03 Å². The maximum atomic E-state index is 12.7. The van der Waals surface area contributed by atoms with E-state index in [0.717, 1.165) is 29.9 Å². The van der Waals surface area contributed by atoms with Crippen molar-refractivity contribution in [1.29, 1.82) is 0 Å². The molecule has 2 aromatic rings. The Bertz CT molecular complexity index is 761. The Hall–Kier alpha value is -2.82. The van der Waals surface area contributed by atoms with Crippen molar-refractivity contribution >= 4 is 11.7 Å². The minimum Gasteiger partial charge on any atom is -0.489 e. The molecule has 25 heavy (non-hydrogen) atoms. The van der Waals surface area contributed by atoms with Crippen molar-refractivity contribution in [3.05, 3.63) is 66.2 Å². The van der Waals surface area contributed by atoms with Crippen molar-refractivity contribution in [2.24, 2.45) is 5.10 Å². The van der Waals surface area contributed by atoms with E-state index < -0.39 is 0 Å². The maximum Gasteiger partial charge on any atom is 0.340 e. The second-order valence-corrected chi connectivity index (χ2v) is 6.36. The normalized spacial score (nSPS) is 19.8. The summed E-state index contributed by atoms with van der Waals surface area (Å²) in [6, 6.07) is 19.8. The van der Waals surface area contributed by atoms with Crippen molar-refractivity contribution in [2.75, 3.05) is 19.6 Å². The minimum absolute atomic E-state index is 0.0231. The van der Waals surface area contributed by atoms with E-state index in [1.807, 2.05) is 65.6 Å². The Balaban J connectivity index is 1.37. The number of hydrogen-bond donors (Lipinski definition) is 0. The lowest BCUT2D eigenvalue weighted by Gasteiger charge is -2.21. The Morgan fingerprint density at radius 3 is 2.48 bits per heavy atom. The molecular formula is C20H21N3O2. The number of ether oxygens (including phenoxy) is 1. The van der Waals surface area contributed by atoms with Crippen LogP contribution in [-0.4, -0.2) is 47.4 Å². The van der Waals surface area contributed by atoms with Gasteiger partial charge in [-0.1, -0.05) is 48.5 Å². The fourth-order valence-corrected chi connectivity index (χ4v) is 3.28. The van der Waals surface area contributed by atoms with Crippen LogP contribution >= 0.6 is 0 Å². The summed E-state index contributed by atoms with van der Waals surface area (Å²) in [4.78, 5) is 14.6. The average Bonchev–Trinajstić information content (AvgIpc) is 3.33. The Morgan fingerprint density at radius 2 is 1.72 bits per heavy atom. The lowest BCUT2D eigenvalue weighted by Crippen LogP contribution is -2.39. The maximum absolute atomic E-state index is 12.7. The molecule has 128 valence electrons. The Labute approximate surface area is 147 Å². The van der Waals surface area contributed by atoms with Gasteiger partial charge in [0.05, 0.1) is 18.8 Å². The van der Waals surface area contributed by atoms with E-state index in [4.69, 9.17) is 4.74 Å². The fraction of sp³-hybridized carbons (Fsp3) is 0.300. The monoisotopic (exact) mass is 335 g/mol. The summed E-state index contributed by atoms with van der Waals surface area (Å²) in [5.74, 6) is 0.854. The SMILES string of the molecule is O=C(N1CC[C@H](Oc2ccccc2)C1)N1CCC(c2ccccc2)=N1. The Morgan fingerprint density at radius 1 is 1.00 bits per heavy atom. The number of nitrogens with zero attached hydrogens (tertiary/aromatic N) is 3. The van der Waals surface area contributed by atoms with E-state index in [0.29, 0.717) is 19.6 Å². The molecule has 1 atom stereocenters. The lowest BCUT2D eigenvalue weighted by molar-refractivity contribution is 0.158. The number of amides is 2. The van der Waals surface area contributed by atoms with Crippen LogP contribution in [0.25, 0.3) is 0 Å². The van der Waals surface area contributed by atoms with E-state index >= 15 is 0 Å². The number of benzene rings is 2. The Kier molecular flexibility index (Phi) is 4.37. The number of hydrazone groups is 1. The number of carbonyl (C=O) groups is 1. The average molecular weight is 335 g/mol. The number of hydrogen-bond acceptors (Lipinski definition) is 3. The van der Waals surface area contributed by atoms with Gasteiger partial charge in [-0.15, -0.1) is 0 Å². The van der Waals surface area contributed by atoms with Crippen LogP contribution < -0.4 is 4.74 Å². The summed E-state index contributed by atoms with van der Waals surface area (Å²) in [6.07, 6.45) is 1.70. The largest absolute Gasteiger partial charge is 0.489 e. The second-order valence-electron chi connectivity index (χ2n) is 6.36. The van der Waals surface area contributed by atoms with Gasteiger partial charge in [-0.2, -0.15) is 5.10 Å². The summed E-state index contributed by atoms with van der Waals surface area (Å²) < 4.78 is 5.96. The molecule has 1 saturated heterocycles. The highest BCUT2D eigenvalue weighted by Crippen LogP contribution is 2.21. The van der Waals surface area contributed by atoms with Crippen LogP contribution in [0.2, 0.25) is 0 Å². The summed E-state index contributed by atoms with van der Waals surface area (Å²) in [7, 11) is 0. The summed E-state index contributed by atoms with van der Waals surface area (Å²) >= 11 is 0. The number of para-hydroxylation sites is 1. The van der Waals surface area contributed by atoms with Crippen molar-refractivity contribution in [1.82, 2.24) is 9.91 Å². The molecule has 2 amide bonds. The van der Waals surface area contributed by atoms with Crippen molar-refractivity contribution in [3.63, 3.8) is 0 Å². The first kappa shape index (κ1) is 15.7. The molecule has 2 aliphatic rings. The second kappa shape index (κ2) is 6.97. The third-order valence-corrected chi connectivity index (χ3v) is 4.59. The van der Waals surface area contributed by atoms with Crippen molar-refractivity contribution in [3.8, 4) is 5.75 Å². The van der Waals surface area contributed by atoms with Gasteiger partial charge in [-0.05, 0) is 17.7 Å². The zero-order chi connectivity index (χ0) is 17.1. The van der Waals surface area contributed by atoms with Gasteiger partial charge in [0.1, 0.15) is 11.9 Å². The van der Waals surface area contributed by atoms with Crippen LogP contribution in [-0.2, 0) is 0 Å². The highest BCUT2D eigenvalue weighted by atomic mass is 16.5. The number of urea groups is 1. The number of rotatable bonds is 3. The van der Waals surface area contributed by atoms with Gasteiger partial charge in [0.2, 0.25) is 0 Å². The molecule has 0 spiro atoms. The molecule has 0 bridgehead atoms. The molecule has 0 unspecified atom stereocenters. The van der Waals surface area contributed by atoms with Gasteiger partial charge in [-0.25, -0.2) is 9.80 Å². The molecular weight excluding hydrogens is 314 g/mol. The molecule has 2 heterocycles. The van der Waals surface area contributed by atoms with E-state index in [1.165, 1.54) is 0 Å². The zero-order valence-electron chi connectivity index (χ0n) is 14.0. The third kappa shape index (κ3) is 3.50. The highest BCUT2D eigenvalue weighted by Gasteiger charge is 2.32. The van der Waals surface area contributed by atoms with Gasteiger partial charge in [0, 0.05) is 19.4 Å². The predicted octanol–water partition coefficient (Wildman–Crippen LogP) is 3.37. The molecule has 1 fully saturated rings. The van der Waals surface area contributed by atoms with Gasteiger partial charge in [0.25, 0.3) is 0 Å².